The molecule has 1 aromatic heterocycles. The Bertz CT molecular complexity index is 810. The summed E-state index contributed by atoms with van der Waals surface area (Å²) in [7, 11) is 0. The zero-order valence-electron chi connectivity index (χ0n) is 15.1. The predicted molar refractivity (Wildman–Crippen MR) is 103 cm³/mol. The highest BCUT2D eigenvalue weighted by Crippen LogP contribution is 2.68. The van der Waals surface area contributed by atoms with Crippen LogP contribution in [0.5, 0.6) is 0 Å². The van der Waals surface area contributed by atoms with Crippen molar-refractivity contribution >= 4 is 17.0 Å². The lowest BCUT2D eigenvalue weighted by Crippen LogP contribution is -2.62. The Morgan fingerprint density at radius 1 is 1.04 bits per heavy atom. The minimum absolute atomic E-state index is 0.175. The monoisotopic (exact) mass is 350 g/mol. The molecule has 2 aromatic rings. The highest BCUT2D eigenvalue weighted by Gasteiger charge is 2.65. The van der Waals surface area contributed by atoms with Gasteiger partial charge in [-0.1, -0.05) is 18.2 Å². The number of thiazole rings is 1. The molecule has 4 bridgehead atoms. The number of benzene rings is 1. The Kier molecular flexibility index (Phi) is 2.88. The molecule has 0 saturated heterocycles. The second kappa shape index (κ2) is 4.88. The van der Waals surface area contributed by atoms with Gasteiger partial charge in [-0.2, -0.15) is 0 Å². The van der Waals surface area contributed by atoms with Crippen molar-refractivity contribution in [3.8, 4) is 0 Å². The van der Waals surface area contributed by atoms with Gasteiger partial charge in [0, 0.05) is 5.69 Å². The molecular weight excluding hydrogens is 324 g/mol. The average Bonchev–Trinajstić information content (AvgIpc) is 3.15. The summed E-state index contributed by atoms with van der Waals surface area (Å²) in [5.74, 6) is 3.58. The summed E-state index contributed by atoms with van der Waals surface area (Å²) in [4.78, 5) is 9.40. The van der Waals surface area contributed by atoms with Gasteiger partial charge < -0.3 is 4.90 Å². The lowest BCUT2D eigenvalue weighted by molar-refractivity contribution is -0.0618. The van der Waals surface area contributed by atoms with Crippen molar-refractivity contribution in [2.45, 2.75) is 57.5 Å². The van der Waals surface area contributed by atoms with E-state index in [1.165, 1.54) is 53.9 Å². The summed E-state index contributed by atoms with van der Waals surface area (Å²) in [6.45, 7) is 4.70. The molecule has 1 aromatic carbocycles. The standard InChI is InChI=1S/C22H26N2S/c1-13-5-3-4-6-19(13)24-14(2)20-21(23-12-25-20)22(24)17-8-15-7-16(10-17)11-18(22)9-15/h3-6,12,14-18H,7-11H2,1-2H3/t14-,15?,16?,17?,18?,22?/m0/s1. The summed E-state index contributed by atoms with van der Waals surface area (Å²) >= 11 is 1.89. The van der Waals surface area contributed by atoms with Gasteiger partial charge in [-0.25, -0.2) is 4.98 Å². The molecule has 2 heterocycles. The van der Waals surface area contributed by atoms with Gasteiger partial charge in [0.05, 0.1) is 27.7 Å². The first-order chi connectivity index (χ1) is 12.2. The van der Waals surface area contributed by atoms with E-state index in [4.69, 9.17) is 4.98 Å². The Morgan fingerprint density at radius 3 is 2.40 bits per heavy atom. The van der Waals surface area contributed by atoms with E-state index in [1.807, 2.05) is 11.3 Å². The van der Waals surface area contributed by atoms with E-state index in [-0.39, 0.29) is 5.54 Å². The lowest BCUT2D eigenvalue weighted by atomic mass is 9.47. The molecule has 1 spiro atoms. The molecule has 1 aliphatic heterocycles. The molecule has 0 N–H and O–H groups in total. The van der Waals surface area contributed by atoms with Crippen molar-refractivity contribution in [2.24, 2.45) is 23.7 Å². The number of rotatable bonds is 1. The number of fused-ring (bicyclic) bond motifs is 1. The highest BCUT2D eigenvalue weighted by molar-refractivity contribution is 7.10. The molecule has 0 amide bonds. The normalized spacial score (nSPS) is 40.9. The third-order valence-electron chi connectivity index (χ3n) is 7.90. The van der Waals surface area contributed by atoms with Crippen LogP contribution in [0.15, 0.2) is 29.8 Å². The lowest BCUT2D eigenvalue weighted by Gasteiger charge is -2.63. The van der Waals surface area contributed by atoms with Crippen LogP contribution in [0.25, 0.3) is 0 Å². The molecule has 2 nitrogen and oxygen atoms in total. The molecule has 3 heteroatoms. The Balaban J connectivity index is 1.61. The summed E-state index contributed by atoms with van der Waals surface area (Å²) < 4.78 is 0. The third kappa shape index (κ3) is 1.69. The SMILES string of the molecule is Cc1ccccc1N1[C@@H](C)c2scnc2C12C1CC3CC(C1)CC2C3. The van der Waals surface area contributed by atoms with Gasteiger partial charge in [-0.3, -0.25) is 0 Å². The number of anilines is 1. The van der Waals surface area contributed by atoms with Gasteiger partial charge in [0.1, 0.15) is 0 Å². The molecular formula is C22H26N2S. The maximum atomic E-state index is 5.03. The zero-order valence-corrected chi connectivity index (χ0v) is 15.9. The predicted octanol–water partition coefficient (Wildman–Crippen LogP) is 5.68. The first-order valence-corrected chi connectivity index (χ1v) is 10.9. The Hall–Kier alpha value is -1.35. The highest BCUT2D eigenvalue weighted by atomic mass is 32.1. The third-order valence-corrected chi connectivity index (χ3v) is 8.90. The molecule has 0 radical (unpaired) electrons. The topological polar surface area (TPSA) is 16.1 Å². The minimum Gasteiger partial charge on any atom is -0.352 e. The number of hydrogen-bond acceptors (Lipinski definition) is 3. The van der Waals surface area contributed by atoms with Crippen molar-refractivity contribution in [1.29, 1.82) is 0 Å². The van der Waals surface area contributed by atoms with Gasteiger partial charge in [-0.15, -0.1) is 11.3 Å². The van der Waals surface area contributed by atoms with E-state index >= 15 is 0 Å². The van der Waals surface area contributed by atoms with Crippen LogP contribution in [0.2, 0.25) is 0 Å². The number of aromatic nitrogens is 1. The largest absolute Gasteiger partial charge is 0.352 e. The van der Waals surface area contributed by atoms with E-state index in [0.717, 1.165) is 23.7 Å². The molecule has 4 aliphatic carbocycles. The second-order valence-corrected chi connectivity index (χ2v) is 9.91. The van der Waals surface area contributed by atoms with Gasteiger partial charge >= 0.3 is 0 Å². The Morgan fingerprint density at radius 2 is 1.72 bits per heavy atom. The first kappa shape index (κ1) is 14.8. The van der Waals surface area contributed by atoms with Crippen molar-refractivity contribution in [3.05, 3.63) is 45.9 Å². The van der Waals surface area contributed by atoms with Crippen LogP contribution in [0.1, 0.15) is 61.2 Å². The number of para-hydroxylation sites is 1. The number of hydrogen-bond donors (Lipinski definition) is 0. The van der Waals surface area contributed by atoms with Gasteiger partial charge in [0.25, 0.3) is 0 Å². The van der Waals surface area contributed by atoms with E-state index in [2.05, 4.69) is 48.5 Å². The summed E-state index contributed by atoms with van der Waals surface area (Å²) in [5, 5.41) is 0. The van der Waals surface area contributed by atoms with E-state index < -0.39 is 0 Å². The molecule has 130 valence electrons. The molecule has 7 rings (SSSR count). The maximum absolute atomic E-state index is 5.03. The van der Waals surface area contributed by atoms with Crippen molar-refractivity contribution in [2.75, 3.05) is 4.90 Å². The maximum Gasteiger partial charge on any atom is 0.0898 e. The molecule has 0 unspecified atom stereocenters. The van der Waals surface area contributed by atoms with Gasteiger partial charge in [-0.05, 0) is 81.3 Å². The van der Waals surface area contributed by atoms with E-state index in [0.29, 0.717) is 6.04 Å². The zero-order chi connectivity index (χ0) is 16.8. The van der Waals surface area contributed by atoms with Crippen molar-refractivity contribution in [1.82, 2.24) is 4.98 Å². The van der Waals surface area contributed by atoms with Gasteiger partial charge in [0.15, 0.2) is 0 Å². The summed E-state index contributed by atoms with van der Waals surface area (Å²) in [6, 6.07) is 9.50. The van der Waals surface area contributed by atoms with E-state index in [9.17, 15) is 0 Å². The minimum atomic E-state index is 0.175. The fourth-order valence-corrected chi connectivity index (χ4v) is 8.23. The molecule has 4 fully saturated rings. The van der Waals surface area contributed by atoms with Crippen LogP contribution >= 0.6 is 11.3 Å². The smallest absolute Gasteiger partial charge is 0.0898 e. The van der Waals surface area contributed by atoms with Crippen LogP contribution in [0.3, 0.4) is 0 Å². The van der Waals surface area contributed by atoms with Crippen LogP contribution in [0.4, 0.5) is 5.69 Å². The fourth-order valence-electron chi connectivity index (χ4n) is 7.33. The second-order valence-electron chi connectivity index (χ2n) is 9.03. The van der Waals surface area contributed by atoms with Crippen LogP contribution in [-0.4, -0.2) is 4.98 Å². The van der Waals surface area contributed by atoms with Gasteiger partial charge in [0.2, 0.25) is 0 Å². The Labute approximate surface area is 154 Å². The molecule has 1 atom stereocenters. The number of aryl methyl sites for hydroxylation is 1. The number of nitrogens with zero attached hydrogens (tertiary/aromatic N) is 2. The van der Waals surface area contributed by atoms with Crippen molar-refractivity contribution < 1.29 is 0 Å². The molecule has 25 heavy (non-hydrogen) atoms. The fraction of sp³-hybridized carbons (Fsp3) is 0.591. The summed E-state index contributed by atoms with van der Waals surface area (Å²) in [6.07, 6.45) is 7.23. The van der Waals surface area contributed by atoms with E-state index in [1.54, 1.807) is 0 Å². The van der Waals surface area contributed by atoms with Crippen LogP contribution in [-0.2, 0) is 5.54 Å². The first-order valence-electron chi connectivity index (χ1n) is 9.98. The average molecular weight is 351 g/mol. The van der Waals surface area contributed by atoms with Crippen LogP contribution in [0, 0.1) is 30.6 Å². The summed E-state index contributed by atoms with van der Waals surface area (Å²) in [5.41, 5.74) is 6.62. The van der Waals surface area contributed by atoms with Crippen molar-refractivity contribution in [3.63, 3.8) is 0 Å². The quantitative estimate of drug-likeness (QED) is 0.657. The molecule has 4 saturated carbocycles. The molecule has 5 aliphatic rings. The van der Waals surface area contributed by atoms with Crippen LogP contribution < -0.4 is 4.90 Å².